The van der Waals surface area contributed by atoms with Gasteiger partial charge in [0.1, 0.15) is 10.9 Å². The van der Waals surface area contributed by atoms with Crippen LogP contribution in [0.3, 0.4) is 0 Å². The molecule has 5 aromatic rings. The number of benzene rings is 2. The van der Waals surface area contributed by atoms with Crippen LogP contribution < -0.4 is 10.3 Å². The second kappa shape index (κ2) is 9.60. The number of hydrogen-bond donors (Lipinski definition) is 2. The van der Waals surface area contributed by atoms with Gasteiger partial charge in [-0.2, -0.15) is 0 Å². The highest BCUT2D eigenvalue weighted by Gasteiger charge is 2.37. The molecule has 3 heterocycles. The number of rotatable bonds is 7. The lowest BCUT2D eigenvalue weighted by molar-refractivity contribution is 0.117. The van der Waals surface area contributed by atoms with Gasteiger partial charge in [-0.05, 0) is 60.4 Å². The fourth-order valence-electron chi connectivity index (χ4n) is 4.58. The number of aromatic nitrogens is 4. The number of aliphatic hydroxyl groups is 1. The van der Waals surface area contributed by atoms with Crippen molar-refractivity contribution in [3.8, 4) is 5.75 Å². The minimum absolute atomic E-state index is 0.185. The molecule has 0 saturated heterocycles. The van der Waals surface area contributed by atoms with E-state index in [4.69, 9.17) is 16.3 Å². The van der Waals surface area contributed by atoms with E-state index in [1.807, 2.05) is 50.4 Å². The summed E-state index contributed by atoms with van der Waals surface area (Å²) in [5, 5.41) is 13.4. The Balaban J connectivity index is 1.68. The molecule has 0 aliphatic carbocycles. The first-order chi connectivity index (χ1) is 17.4. The molecule has 0 bridgehead atoms. The summed E-state index contributed by atoms with van der Waals surface area (Å²) in [6.07, 6.45) is 5.36. The molecular weight excluding hydrogens is 476 g/mol. The summed E-state index contributed by atoms with van der Waals surface area (Å²) >= 11 is 6.03. The Kier molecular flexibility index (Phi) is 6.35. The van der Waals surface area contributed by atoms with E-state index in [1.165, 1.54) is 0 Å². The van der Waals surface area contributed by atoms with Crippen LogP contribution >= 0.6 is 11.6 Å². The standard InChI is InChI=1S/C28H25ClN4O3/c1-3-36-22-6-4-5-18(12-22)11-19-13-27(34)32-24-9-7-20(14-23(19)24)28(35,25-16-30-17-33(25)2)21-8-10-26(29)31-15-21/h4-10,12-17,35H,3,11H2,1-2H3,(H,32,34). The van der Waals surface area contributed by atoms with Crippen LogP contribution in [-0.2, 0) is 19.1 Å². The van der Waals surface area contributed by atoms with Gasteiger partial charge in [-0.1, -0.05) is 35.9 Å². The first kappa shape index (κ1) is 23.8. The second-order valence-electron chi connectivity index (χ2n) is 8.65. The summed E-state index contributed by atoms with van der Waals surface area (Å²) in [5.41, 5.74) is 2.52. The predicted octanol–water partition coefficient (Wildman–Crippen LogP) is 4.58. The number of fused-ring (bicyclic) bond motifs is 1. The fraction of sp³-hybridized carbons (Fsp3) is 0.179. The minimum atomic E-state index is -1.56. The first-order valence-corrected chi connectivity index (χ1v) is 12.0. The number of aromatic amines is 1. The maximum atomic E-state index is 12.5. The topological polar surface area (TPSA) is 93.0 Å². The zero-order chi connectivity index (χ0) is 25.3. The van der Waals surface area contributed by atoms with E-state index < -0.39 is 5.60 Å². The Hall–Kier alpha value is -3.94. The average molecular weight is 501 g/mol. The van der Waals surface area contributed by atoms with E-state index in [1.54, 1.807) is 47.6 Å². The van der Waals surface area contributed by atoms with E-state index in [9.17, 15) is 9.90 Å². The average Bonchev–Trinajstić information content (AvgIpc) is 3.30. The van der Waals surface area contributed by atoms with Crippen LogP contribution in [0, 0.1) is 0 Å². The summed E-state index contributed by atoms with van der Waals surface area (Å²) in [6, 6.07) is 18.4. The molecule has 2 N–H and O–H groups in total. The van der Waals surface area contributed by atoms with Gasteiger partial charge < -0.3 is 19.4 Å². The second-order valence-corrected chi connectivity index (χ2v) is 9.03. The molecule has 0 aliphatic heterocycles. The molecule has 0 radical (unpaired) electrons. The Morgan fingerprint density at radius 2 is 1.92 bits per heavy atom. The quantitative estimate of drug-likeness (QED) is 0.319. The summed E-state index contributed by atoms with van der Waals surface area (Å²) in [4.78, 5) is 23.8. The molecule has 0 spiro atoms. The Labute approximate surface area is 213 Å². The van der Waals surface area contributed by atoms with Gasteiger partial charge in [0.15, 0.2) is 5.60 Å². The molecule has 1 unspecified atom stereocenters. The van der Waals surface area contributed by atoms with Crippen molar-refractivity contribution in [3.05, 3.63) is 123 Å². The highest BCUT2D eigenvalue weighted by molar-refractivity contribution is 6.29. The number of hydrogen-bond acceptors (Lipinski definition) is 5. The highest BCUT2D eigenvalue weighted by Crippen LogP contribution is 2.38. The number of imidazole rings is 1. The maximum Gasteiger partial charge on any atom is 0.248 e. The number of nitrogens with one attached hydrogen (secondary N) is 1. The van der Waals surface area contributed by atoms with Gasteiger partial charge in [-0.3, -0.25) is 4.79 Å². The molecule has 2 aromatic carbocycles. The van der Waals surface area contributed by atoms with Gasteiger partial charge in [-0.25, -0.2) is 9.97 Å². The smallest absolute Gasteiger partial charge is 0.248 e. The maximum absolute atomic E-state index is 12.5. The number of aryl methyl sites for hydroxylation is 1. The SMILES string of the molecule is CCOc1cccc(Cc2cc(=O)[nH]c3ccc(C(O)(c4ccc(Cl)nc4)c4cncn4C)cc23)c1. The third kappa shape index (κ3) is 4.39. The van der Waals surface area contributed by atoms with Crippen LogP contribution in [0.1, 0.15) is 34.9 Å². The van der Waals surface area contributed by atoms with Gasteiger partial charge in [0.2, 0.25) is 5.56 Å². The molecule has 1 atom stereocenters. The Morgan fingerprint density at radius 1 is 1.08 bits per heavy atom. The van der Waals surface area contributed by atoms with E-state index in [0.29, 0.717) is 40.5 Å². The van der Waals surface area contributed by atoms with Gasteiger partial charge in [0.25, 0.3) is 0 Å². The van der Waals surface area contributed by atoms with Crippen LogP contribution in [0.15, 0.2) is 84.2 Å². The molecule has 0 fully saturated rings. The molecule has 182 valence electrons. The van der Waals surface area contributed by atoms with Crippen LogP contribution in [0.4, 0.5) is 0 Å². The molecule has 36 heavy (non-hydrogen) atoms. The lowest BCUT2D eigenvalue weighted by atomic mass is 9.83. The first-order valence-electron chi connectivity index (χ1n) is 11.6. The fourth-order valence-corrected chi connectivity index (χ4v) is 4.70. The molecule has 5 rings (SSSR count). The number of halogens is 1. The van der Waals surface area contributed by atoms with Gasteiger partial charge >= 0.3 is 0 Å². The van der Waals surface area contributed by atoms with Gasteiger partial charge in [-0.15, -0.1) is 0 Å². The summed E-state index contributed by atoms with van der Waals surface area (Å²) < 4.78 is 7.41. The van der Waals surface area contributed by atoms with Crippen LogP contribution in [0.25, 0.3) is 10.9 Å². The van der Waals surface area contributed by atoms with E-state index in [-0.39, 0.29) is 5.56 Å². The van der Waals surface area contributed by atoms with Crippen molar-refractivity contribution < 1.29 is 9.84 Å². The minimum Gasteiger partial charge on any atom is -0.494 e. The Morgan fingerprint density at radius 3 is 2.64 bits per heavy atom. The van der Waals surface area contributed by atoms with Gasteiger partial charge in [0, 0.05) is 35.8 Å². The van der Waals surface area contributed by atoms with Crippen molar-refractivity contribution in [3.63, 3.8) is 0 Å². The highest BCUT2D eigenvalue weighted by atomic mass is 35.5. The lowest BCUT2D eigenvalue weighted by Crippen LogP contribution is -2.31. The molecule has 0 amide bonds. The number of ether oxygens (including phenoxy) is 1. The molecule has 0 saturated carbocycles. The number of H-pyrrole nitrogens is 1. The largest absolute Gasteiger partial charge is 0.494 e. The van der Waals surface area contributed by atoms with Crippen LogP contribution in [0.5, 0.6) is 5.75 Å². The predicted molar refractivity (Wildman–Crippen MR) is 140 cm³/mol. The number of nitrogens with zero attached hydrogens (tertiary/aromatic N) is 3. The normalized spacial score (nSPS) is 13.0. The molecule has 3 aromatic heterocycles. The van der Waals surface area contributed by atoms with E-state index in [2.05, 4.69) is 15.0 Å². The summed E-state index contributed by atoms with van der Waals surface area (Å²) in [5.74, 6) is 0.783. The summed E-state index contributed by atoms with van der Waals surface area (Å²) in [6.45, 7) is 2.52. The van der Waals surface area contributed by atoms with E-state index in [0.717, 1.165) is 22.3 Å². The van der Waals surface area contributed by atoms with Crippen molar-refractivity contribution in [2.24, 2.45) is 7.05 Å². The lowest BCUT2D eigenvalue weighted by Gasteiger charge is -2.30. The zero-order valence-electron chi connectivity index (χ0n) is 19.9. The molecule has 7 nitrogen and oxygen atoms in total. The zero-order valence-corrected chi connectivity index (χ0v) is 20.7. The van der Waals surface area contributed by atoms with E-state index >= 15 is 0 Å². The third-order valence-corrected chi connectivity index (χ3v) is 6.51. The molecule has 8 heteroatoms. The monoisotopic (exact) mass is 500 g/mol. The third-order valence-electron chi connectivity index (χ3n) is 6.28. The molecular formula is C28H25ClN4O3. The van der Waals surface area contributed by atoms with Crippen molar-refractivity contribution in [1.29, 1.82) is 0 Å². The van der Waals surface area contributed by atoms with Gasteiger partial charge in [0.05, 0.1) is 24.8 Å². The molecule has 0 aliphatic rings. The van der Waals surface area contributed by atoms with Crippen molar-refractivity contribution in [2.75, 3.05) is 6.61 Å². The van der Waals surface area contributed by atoms with Crippen molar-refractivity contribution in [1.82, 2.24) is 19.5 Å². The van der Waals surface area contributed by atoms with Crippen LogP contribution in [0.2, 0.25) is 5.15 Å². The van der Waals surface area contributed by atoms with Crippen molar-refractivity contribution >= 4 is 22.5 Å². The summed E-state index contributed by atoms with van der Waals surface area (Å²) in [7, 11) is 1.83. The van der Waals surface area contributed by atoms with Crippen LogP contribution in [-0.4, -0.2) is 31.2 Å². The Bertz CT molecular complexity index is 1590. The number of pyridine rings is 2. The van der Waals surface area contributed by atoms with Crippen molar-refractivity contribution in [2.45, 2.75) is 18.9 Å².